The monoisotopic (exact) mass is 406 g/mol. The van der Waals surface area contributed by atoms with Crippen molar-refractivity contribution in [3.05, 3.63) is 48.1 Å². The number of hydrogen-bond donors (Lipinski definition) is 1. The Kier molecular flexibility index (Phi) is 17.4. The third-order valence-electron chi connectivity index (χ3n) is 3.26. The van der Waals surface area contributed by atoms with Crippen LogP contribution in [0.2, 0.25) is 0 Å². The van der Waals surface area contributed by atoms with Gasteiger partial charge < -0.3 is 5.11 Å². The Morgan fingerprint density at radius 3 is 1.78 bits per heavy atom. The number of carbonyl (C=O) groups excluding carboxylic acids is 1. The fourth-order valence-electron chi connectivity index (χ4n) is 1.31. The summed E-state index contributed by atoms with van der Waals surface area (Å²) in [5.74, 6) is 0.407. The van der Waals surface area contributed by atoms with Crippen LogP contribution in [0.1, 0.15) is 52.7 Å². The molecular formula is C21H33F3O2S. The number of Topliss-reactive ketones (excluding diaryl/α,β-unsaturated/α-hetero) is 1. The average Bonchev–Trinajstić information content (AvgIpc) is 2.63. The molecule has 0 radical (unpaired) electrons. The number of rotatable bonds is 4. The fraction of sp³-hybridized carbons (Fsp3) is 0.476. The van der Waals surface area contributed by atoms with Gasteiger partial charge in [0.2, 0.25) is 0 Å². The predicted octanol–water partition coefficient (Wildman–Crippen LogP) is 6.88. The predicted molar refractivity (Wildman–Crippen MR) is 112 cm³/mol. The maximum atomic E-state index is 12.5. The highest BCUT2D eigenvalue weighted by molar-refractivity contribution is 7.98. The molecule has 1 aromatic carbocycles. The molecule has 0 saturated carbocycles. The lowest BCUT2D eigenvalue weighted by Crippen LogP contribution is -2.06. The highest BCUT2D eigenvalue weighted by atomic mass is 32.2. The Morgan fingerprint density at radius 1 is 1.11 bits per heavy atom. The number of aliphatic hydroxyl groups is 1. The van der Waals surface area contributed by atoms with Crippen molar-refractivity contribution in [1.29, 1.82) is 0 Å². The van der Waals surface area contributed by atoms with Crippen LogP contribution in [0.4, 0.5) is 13.2 Å². The van der Waals surface area contributed by atoms with E-state index in [1.165, 1.54) is 18.6 Å². The number of alkyl halides is 3. The zero-order valence-corrected chi connectivity index (χ0v) is 18.4. The zero-order chi connectivity index (χ0) is 22.4. The van der Waals surface area contributed by atoms with Crippen molar-refractivity contribution < 1.29 is 23.1 Å². The minimum atomic E-state index is -4.37. The number of aliphatic hydroxyl groups excluding tert-OH is 1. The first kappa shape index (κ1) is 30.2. The van der Waals surface area contributed by atoms with Gasteiger partial charge >= 0.3 is 6.18 Å². The first-order chi connectivity index (χ1) is 12.4. The molecule has 0 amide bonds. The summed E-state index contributed by atoms with van der Waals surface area (Å²) in [7, 11) is 1.00. The molecule has 2 nitrogen and oxygen atoms in total. The van der Waals surface area contributed by atoms with Gasteiger partial charge in [0.1, 0.15) is 0 Å². The van der Waals surface area contributed by atoms with Crippen molar-refractivity contribution in [3.8, 4) is 0 Å². The molecule has 0 saturated heterocycles. The number of halogens is 3. The topological polar surface area (TPSA) is 37.3 Å². The molecule has 0 bridgehead atoms. The van der Waals surface area contributed by atoms with E-state index in [-0.39, 0.29) is 11.4 Å². The molecule has 27 heavy (non-hydrogen) atoms. The molecule has 0 atom stereocenters. The second-order valence-corrected chi connectivity index (χ2v) is 6.30. The largest absolute Gasteiger partial charge is 0.416 e. The van der Waals surface area contributed by atoms with Crippen LogP contribution < -0.4 is 0 Å². The molecule has 0 aliphatic carbocycles. The summed E-state index contributed by atoms with van der Waals surface area (Å²) in [5.41, 5.74) is 1.22. The van der Waals surface area contributed by atoms with Crippen LogP contribution in [-0.2, 0) is 11.0 Å². The van der Waals surface area contributed by atoms with Crippen molar-refractivity contribution >= 4 is 23.1 Å². The maximum absolute atomic E-state index is 12.5. The van der Waals surface area contributed by atoms with E-state index in [0.717, 1.165) is 31.0 Å². The van der Waals surface area contributed by atoms with Gasteiger partial charge in [0.05, 0.1) is 5.56 Å². The number of carbonyl (C=O) groups is 1. The molecule has 0 heterocycles. The summed E-state index contributed by atoms with van der Waals surface area (Å²) in [6.45, 7) is 19.0. The van der Waals surface area contributed by atoms with Crippen molar-refractivity contribution in [2.24, 2.45) is 5.92 Å². The zero-order valence-electron chi connectivity index (χ0n) is 17.6. The summed E-state index contributed by atoms with van der Waals surface area (Å²) in [6, 6.07) is 3.29. The van der Waals surface area contributed by atoms with Gasteiger partial charge in [-0.3, -0.25) is 4.79 Å². The van der Waals surface area contributed by atoms with Crippen LogP contribution in [0.25, 0.3) is 5.57 Å². The minimum absolute atomic E-state index is 0.225. The van der Waals surface area contributed by atoms with Crippen LogP contribution >= 0.6 is 11.8 Å². The molecule has 0 aliphatic rings. The van der Waals surface area contributed by atoms with Gasteiger partial charge in [-0.15, -0.1) is 11.8 Å². The quantitative estimate of drug-likeness (QED) is 0.336. The summed E-state index contributed by atoms with van der Waals surface area (Å²) >= 11 is 1.16. The molecule has 0 aromatic heterocycles. The number of allylic oxidation sites excluding steroid dienone is 2. The third kappa shape index (κ3) is 12.5. The number of benzene rings is 1. The van der Waals surface area contributed by atoms with Gasteiger partial charge in [-0.05, 0) is 43.7 Å². The molecule has 156 valence electrons. The lowest BCUT2D eigenvalue weighted by atomic mass is 10.0. The van der Waals surface area contributed by atoms with Crippen molar-refractivity contribution in [2.45, 2.75) is 52.6 Å². The number of hydrogen-bond acceptors (Lipinski definition) is 3. The van der Waals surface area contributed by atoms with Crippen LogP contribution in [0.5, 0.6) is 0 Å². The van der Waals surface area contributed by atoms with Gasteiger partial charge in [0.15, 0.2) is 5.78 Å². The molecule has 0 spiro atoms. The molecule has 0 fully saturated rings. The normalized spacial score (nSPS) is 9.67. The third-order valence-corrected chi connectivity index (χ3v) is 4.04. The Balaban J connectivity index is -0.000000484. The molecule has 6 heteroatoms. The molecule has 1 N–H and O–H groups in total. The Bertz CT molecular complexity index is 592. The highest BCUT2D eigenvalue weighted by Crippen LogP contribution is 2.35. The second kappa shape index (κ2) is 15.5. The van der Waals surface area contributed by atoms with Gasteiger partial charge in [-0.1, -0.05) is 52.5 Å². The first-order valence-corrected chi connectivity index (χ1v) is 9.69. The standard InChI is InChI=1S/C12H11F3OS.C6H12.C2H6.CH4O/c1-7(8(2)16)10-5-4-9(12(13,14)15)6-11(10)17-3;1-5(2)6(3)4;2*1-2/h4-6H,1H2,2-3H3;6H,1H2,2-4H3;1-2H3;2H,1H3. The molecular weight excluding hydrogens is 373 g/mol. The summed E-state index contributed by atoms with van der Waals surface area (Å²) in [4.78, 5) is 11.6. The van der Waals surface area contributed by atoms with Gasteiger partial charge in [-0.25, -0.2) is 0 Å². The Morgan fingerprint density at radius 2 is 1.52 bits per heavy atom. The van der Waals surface area contributed by atoms with Gasteiger partial charge in [0.25, 0.3) is 0 Å². The van der Waals surface area contributed by atoms with E-state index in [1.54, 1.807) is 6.26 Å². The summed E-state index contributed by atoms with van der Waals surface area (Å²) in [5, 5.41) is 7.00. The van der Waals surface area contributed by atoms with Crippen LogP contribution in [-0.4, -0.2) is 24.3 Å². The molecule has 1 rings (SSSR count). The highest BCUT2D eigenvalue weighted by Gasteiger charge is 2.31. The Hall–Kier alpha value is -1.53. The van der Waals surface area contributed by atoms with Gasteiger partial charge in [0, 0.05) is 17.6 Å². The van der Waals surface area contributed by atoms with Crippen LogP contribution in [0.3, 0.4) is 0 Å². The minimum Gasteiger partial charge on any atom is -0.400 e. The van der Waals surface area contributed by atoms with E-state index in [4.69, 9.17) is 5.11 Å². The van der Waals surface area contributed by atoms with E-state index >= 15 is 0 Å². The van der Waals surface area contributed by atoms with Crippen LogP contribution in [0, 0.1) is 5.92 Å². The molecule has 0 unspecified atom stereocenters. The second-order valence-electron chi connectivity index (χ2n) is 5.45. The smallest absolute Gasteiger partial charge is 0.400 e. The summed E-state index contributed by atoms with van der Waals surface area (Å²) in [6.07, 6.45) is -2.72. The lowest BCUT2D eigenvalue weighted by molar-refractivity contribution is -0.137. The SMILES string of the molecule is C=C(C(C)=O)c1ccc(C(F)(F)F)cc1SC.C=C(C)C(C)C.CC.CO. The van der Waals surface area contributed by atoms with E-state index in [9.17, 15) is 18.0 Å². The number of ketones is 1. The maximum Gasteiger partial charge on any atom is 0.416 e. The van der Waals surface area contributed by atoms with E-state index in [2.05, 4.69) is 27.0 Å². The molecule has 1 aromatic rings. The summed E-state index contributed by atoms with van der Waals surface area (Å²) < 4.78 is 37.5. The van der Waals surface area contributed by atoms with Crippen molar-refractivity contribution in [1.82, 2.24) is 0 Å². The lowest BCUT2D eigenvalue weighted by Gasteiger charge is -2.12. The van der Waals surface area contributed by atoms with Gasteiger partial charge in [-0.2, -0.15) is 13.2 Å². The van der Waals surface area contributed by atoms with E-state index < -0.39 is 11.7 Å². The van der Waals surface area contributed by atoms with E-state index in [1.807, 2.05) is 20.8 Å². The number of thioether (sulfide) groups is 1. The van der Waals surface area contributed by atoms with Crippen molar-refractivity contribution in [2.75, 3.05) is 13.4 Å². The first-order valence-electron chi connectivity index (χ1n) is 8.47. The van der Waals surface area contributed by atoms with E-state index in [0.29, 0.717) is 16.4 Å². The molecule has 0 aliphatic heterocycles. The Labute approximate surface area is 166 Å². The van der Waals surface area contributed by atoms with Crippen LogP contribution in [0.15, 0.2) is 41.8 Å². The fourth-order valence-corrected chi connectivity index (χ4v) is 1.96. The average molecular weight is 407 g/mol. The van der Waals surface area contributed by atoms with Crippen molar-refractivity contribution in [3.63, 3.8) is 0 Å².